The van der Waals surface area contributed by atoms with E-state index in [1.165, 1.54) is 0 Å². The summed E-state index contributed by atoms with van der Waals surface area (Å²) in [5, 5.41) is 9.89. The maximum absolute atomic E-state index is 9.89. The van der Waals surface area contributed by atoms with E-state index < -0.39 is 0 Å². The first-order valence-electron chi connectivity index (χ1n) is 16.5. The van der Waals surface area contributed by atoms with Crippen LogP contribution in [0.5, 0.6) is 46.0 Å². The third-order valence-electron chi connectivity index (χ3n) is 8.20. The SMILES string of the molecule is COc1cc(/C=C/c2ccc(COc3cc(CO)cc(OCc4ccc(/C=C/c5cc(OC)c(OC)c(OC)c5)cc4)c3)cc2)cc(OC)c1OC. The van der Waals surface area contributed by atoms with Crippen molar-refractivity contribution in [2.24, 2.45) is 0 Å². The summed E-state index contributed by atoms with van der Waals surface area (Å²) in [4.78, 5) is 0. The Bertz CT molecular complexity index is 1790. The highest BCUT2D eigenvalue weighted by Gasteiger charge is 2.13. The molecule has 5 aromatic carbocycles. The largest absolute Gasteiger partial charge is 0.493 e. The molecule has 0 aromatic heterocycles. The molecule has 0 heterocycles. The van der Waals surface area contributed by atoms with Crippen LogP contribution in [0.3, 0.4) is 0 Å². The van der Waals surface area contributed by atoms with Gasteiger partial charge in [-0.05, 0) is 75.3 Å². The molecule has 0 unspecified atom stereocenters. The third kappa shape index (κ3) is 9.58. The number of aliphatic hydroxyl groups excluding tert-OH is 1. The first-order valence-corrected chi connectivity index (χ1v) is 16.5. The van der Waals surface area contributed by atoms with Crippen molar-refractivity contribution in [1.82, 2.24) is 0 Å². The van der Waals surface area contributed by atoms with Gasteiger partial charge in [0.05, 0.1) is 49.3 Å². The van der Waals surface area contributed by atoms with Crippen LogP contribution in [-0.4, -0.2) is 47.8 Å². The van der Waals surface area contributed by atoms with Gasteiger partial charge in [0.2, 0.25) is 11.5 Å². The molecule has 0 spiro atoms. The van der Waals surface area contributed by atoms with E-state index >= 15 is 0 Å². The maximum Gasteiger partial charge on any atom is 0.203 e. The van der Waals surface area contributed by atoms with E-state index in [4.69, 9.17) is 37.9 Å². The fraction of sp³-hybridized carbons (Fsp3) is 0.209. The van der Waals surface area contributed by atoms with Crippen LogP contribution in [0.4, 0.5) is 0 Å². The zero-order valence-corrected chi connectivity index (χ0v) is 30.3. The second kappa shape index (κ2) is 18.3. The second-order valence-corrected chi connectivity index (χ2v) is 11.6. The molecule has 5 rings (SSSR count). The zero-order valence-electron chi connectivity index (χ0n) is 30.3. The summed E-state index contributed by atoms with van der Waals surface area (Å²) < 4.78 is 44.9. The summed E-state index contributed by atoms with van der Waals surface area (Å²) in [6.45, 7) is 0.583. The normalized spacial score (nSPS) is 11.1. The molecule has 0 radical (unpaired) electrons. The molecule has 52 heavy (non-hydrogen) atoms. The molecule has 1 N–H and O–H groups in total. The molecule has 0 aliphatic heterocycles. The highest BCUT2D eigenvalue weighted by atomic mass is 16.5. The van der Waals surface area contributed by atoms with E-state index in [1.807, 2.05) is 115 Å². The lowest BCUT2D eigenvalue weighted by molar-refractivity contribution is 0.271. The van der Waals surface area contributed by atoms with Crippen LogP contribution in [0.15, 0.2) is 91.0 Å². The number of benzene rings is 5. The van der Waals surface area contributed by atoms with Gasteiger partial charge in [-0.15, -0.1) is 0 Å². The van der Waals surface area contributed by atoms with Gasteiger partial charge < -0.3 is 43.0 Å². The molecule has 0 aliphatic carbocycles. The summed E-state index contributed by atoms with van der Waals surface area (Å²) in [5.41, 5.74) is 6.59. The smallest absolute Gasteiger partial charge is 0.203 e. The topological polar surface area (TPSA) is 94.1 Å². The molecule has 9 nitrogen and oxygen atoms in total. The first kappa shape index (κ1) is 37.2. The van der Waals surface area contributed by atoms with Crippen LogP contribution in [0.25, 0.3) is 24.3 Å². The van der Waals surface area contributed by atoms with Crippen LogP contribution < -0.4 is 37.9 Å². The first-order chi connectivity index (χ1) is 25.4. The van der Waals surface area contributed by atoms with Gasteiger partial charge in [0.1, 0.15) is 24.7 Å². The predicted octanol–water partition coefficient (Wildman–Crippen LogP) is 8.73. The predicted molar refractivity (Wildman–Crippen MR) is 204 cm³/mol. The molecule has 270 valence electrons. The summed E-state index contributed by atoms with van der Waals surface area (Å²) >= 11 is 0. The highest BCUT2D eigenvalue weighted by Crippen LogP contribution is 2.39. The molecule has 0 fully saturated rings. The van der Waals surface area contributed by atoms with Crippen molar-refractivity contribution in [3.05, 3.63) is 130 Å². The lowest BCUT2D eigenvalue weighted by Gasteiger charge is -2.13. The molecule has 0 atom stereocenters. The molecule has 0 amide bonds. The van der Waals surface area contributed by atoms with Crippen molar-refractivity contribution in [2.75, 3.05) is 42.7 Å². The van der Waals surface area contributed by atoms with Crippen LogP contribution in [0, 0.1) is 0 Å². The number of rotatable bonds is 17. The van der Waals surface area contributed by atoms with E-state index in [2.05, 4.69) is 0 Å². The molecular weight excluding hydrogens is 660 g/mol. The van der Waals surface area contributed by atoms with Crippen molar-refractivity contribution in [2.45, 2.75) is 19.8 Å². The van der Waals surface area contributed by atoms with Crippen LogP contribution >= 0.6 is 0 Å². The lowest BCUT2D eigenvalue weighted by Crippen LogP contribution is -1.99. The maximum atomic E-state index is 9.89. The van der Waals surface area contributed by atoms with Crippen molar-refractivity contribution >= 4 is 24.3 Å². The molecule has 0 bridgehead atoms. The van der Waals surface area contributed by atoms with Gasteiger partial charge in [-0.3, -0.25) is 0 Å². The monoisotopic (exact) mass is 704 g/mol. The Morgan fingerprint density at radius 2 is 0.750 bits per heavy atom. The van der Waals surface area contributed by atoms with Gasteiger partial charge >= 0.3 is 0 Å². The second-order valence-electron chi connectivity index (χ2n) is 11.6. The van der Waals surface area contributed by atoms with E-state index in [1.54, 1.807) is 42.7 Å². The Balaban J connectivity index is 1.17. The number of methoxy groups -OCH3 is 6. The Hall–Kier alpha value is -6.06. The summed E-state index contributed by atoms with van der Waals surface area (Å²) in [6.07, 6.45) is 8.01. The van der Waals surface area contributed by atoms with Crippen molar-refractivity contribution in [3.8, 4) is 46.0 Å². The average molecular weight is 705 g/mol. The molecular formula is C43H44O9. The fourth-order valence-electron chi connectivity index (χ4n) is 5.45. The third-order valence-corrected chi connectivity index (χ3v) is 8.20. The highest BCUT2D eigenvalue weighted by molar-refractivity contribution is 5.74. The average Bonchev–Trinajstić information content (AvgIpc) is 3.20. The summed E-state index contributed by atoms with van der Waals surface area (Å²) in [7, 11) is 9.56. The van der Waals surface area contributed by atoms with Crippen molar-refractivity contribution in [1.29, 1.82) is 0 Å². The Morgan fingerprint density at radius 1 is 0.404 bits per heavy atom. The Morgan fingerprint density at radius 3 is 1.06 bits per heavy atom. The number of aliphatic hydroxyl groups is 1. The minimum absolute atomic E-state index is 0.131. The Kier molecular flexibility index (Phi) is 13.1. The molecule has 5 aromatic rings. The van der Waals surface area contributed by atoms with E-state index in [-0.39, 0.29) is 6.61 Å². The molecule has 0 aliphatic rings. The van der Waals surface area contributed by atoms with E-state index in [0.717, 1.165) is 33.4 Å². The van der Waals surface area contributed by atoms with Crippen LogP contribution in [0.1, 0.15) is 38.9 Å². The molecule has 9 heteroatoms. The van der Waals surface area contributed by atoms with Gasteiger partial charge in [0.15, 0.2) is 23.0 Å². The lowest BCUT2D eigenvalue weighted by atomic mass is 10.1. The van der Waals surface area contributed by atoms with Crippen LogP contribution in [0.2, 0.25) is 0 Å². The number of ether oxygens (including phenoxy) is 8. The van der Waals surface area contributed by atoms with E-state index in [0.29, 0.717) is 64.8 Å². The van der Waals surface area contributed by atoms with Gasteiger partial charge in [-0.2, -0.15) is 0 Å². The molecule has 0 saturated heterocycles. The standard InChI is InChI=1S/C43H44O9/c1-45-38-21-33(22-39(46-2)42(38)49-5)17-11-29-7-13-31(14-8-29)27-51-36-19-35(26-44)20-37(25-36)52-28-32-15-9-30(10-16-32)12-18-34-23-40(47-3)43(50-6)41(24-34)48-4/h7-25,44H,26-28H2,1-6H3/b17-11+,18-12+. The van der Waals surface area contributed by atoms with Gasteiger partial charge in [0, 0.05) is 6.07 Å². The molecule has 0 saturated carbocycles. The summed E-state index contributed by atoms with van der Waals surface area (Å²) in [6, 6.07) is 29.2. The Labute approximate surface area is 305 Å². The van der Waals surface area contributed by atoms with Gasteiger partial charge in [-0.1, -0.05) is 72.8 Å². The summed E-state index contributed by atoms with van der Waals surface area (Å²) in [5.74, 6) is 4.73. The van der Waals surface area contributed by atoms with Gasteiger partial charge in [0.25, 0.3) is 0 Å². The zero-order chi connectivity index (χ0) is 36.9. The number of hydrogen-bond donors (Lipinski definition) is 1. The minimum atomic E-state index is -0.131. The van der Waals surface area contributed by atoms with E-state index in [9.17, 15) is 5.11 Å². The van der Waals surface area contributed by atoms with Crippen LogP contribution in [-0.2, 0) is 19.8 Å². The number of hydrogen-bond acceptors (Lipinski definition) is 9. The van der Waals surface area contributed by atoms with Gasteiger partial charge in [-0.25, -0.2) is 0 Å². The quantitative estimate of drug-likeness (QED) is 0.0954. The minimum Gasteiger partial charge on any atom is -0.493 e. The van der Waals surface area contributed by atoms with Crippen molar-refractivity contribution in [3.63, 3.8) is 0 Å². The fourth-order valence-corrected chi connectivity index (χ4v) is 5.45. The van der Waals surface area contributed by atoms with Crippen molar-refractivity contribution < 1.29 is 43.0 Å².